The smallest absolute Gasteiger partial charge is 0.261 e. The number of hydrogen-bond donors (Lipinski definition) is 0. The van der Waals surface area contributed by atoms with Gasteiger partial charge in [-0.1, -0.05) is 12.1 Å². The molecule has 1 aliphatic rings. The number of ether oxygens (including phenoxy) is 1. The van der Waals surface area contributed by atoms with E-state index in [-0.39, 0.29) is 18.4 Å². The van der Waals surface area contributed by atoms with E-state index in [1.165, 1.54) is 4.90 Å². The topological polar surface area (TPSA) is 59.5 Å². The lowest BCUT2D eigenvalue weighted by molar-refractivity contribution is 0.0640. The van der Waals surface area contributed by atoms with E-state index >= 15 is 0 Å². The third-order valence-corrected chi connectivity index (χ3v) is 3.31. The predicted molar refractivity (Wildman–Crippen MR) is 76.1 cm³/mol. The second kappa shape index (κ2) is 5.36. The van der Waals surface area contributed by atoms with Crippen molar-refractivity contribution in [2.45, 2.75) is 13.5 Å². The van der Waals surface area contributed by atoms with E-state index in [2.05, 4.69) is 4.98 Å². The van der Waals surface area contributed by atoms with Crippen molar-refractivity contribution >= 4 is 11.8 Å². The number of nitrogens with zero attached hydrogens (tertiary/aromatic N) is 2. The number of carbonyl (C=O) groups excluding carboxylic acids is 2. The number of imide groups is 1. The van der Waals surface area contributed by atoms with Crippen LogP contribution in [0.25, 0.3) is 0 Å². The van der Waals surface area contributed by atoms with Gasteiger partial charge in [-0.2, -0.15) is 0 Å². The average Bonchev–Trinajstić information content (AvgIpc) is 2.75. The molecule has 0 N–H and O–H groups in total. The summed E-state index contributed by atoms with van der Waals surface area (Å²) < 4.78 is 5.31. The summed E-state index contributed by atoms with van der Waals surface area (Å²) in [6.07, 6.45) is 1.59. The first-order valence-electron chi connectivity index (χ1n) is 6.73. The molecule has 1 aromatic carbocycles. The zero-order chi connectivity index (χ0) is 14.8. The minimum Gasteiger partial charge on any atom is -0.492 e. The normalized spacial score (nSPS) is 13.5. The molecular weight excluding hydrogens is 268 g/mol. The van der Waals surface area contributed by atoms with Gasteiger partial charge in [-0.25, -0.2) is 0 Å². The Morgan fingerprint density at radius 3 is 2.24 bits per heavy atom. The Balaban J connectivity index is 1.80. The third-order valence-electron chi connectivity index (χ3n) is 3.31. The van der Waals surface area contributed by atoms with Gasteiger partial charge in [-0.15, -0.1) is 0 Å². The van der Waals surface area contributed by atoms with Crippen molar-refractivity contribution < 1.29 is 14.3 Å². The molecule has 0 radical (unpaired) electrons. The molecule has 5 nitrogen and oxygen atoms in total. The van der Waals surface area contributed by atoms with Crippen molar-refractivity contribution in [1.29, 1.82) is 0 Å². The van der Waals surface area contributed by atoms with Crippen LogP contribution in [0, 0.1) is 0 Å². The van der Waals surface area contributed by atoms with Gasteiger partial charge in [0, 0.05) is 0 Å². The highest BCUT2D eigenvalue weighted by Crippen LogP contribution is 2.24. The van der Waals surface area contributed by atoms with Crippen LogP contribution < -0.4 is 4.74 Å². The maximum atomic E-state index is 12.2. The van der Waals surface area contributed by atoms with E-state index in [0.29, 0.717) is 29.2 Å². The first kappa shape index (κ1) is 13.3. The lowest BCUT2D eigenvalue weighted by Crippen LogP contribution is -2.29. The molecule has 5 heteroatoms. The van der Waals surface area contributed by atoms with Crippen LogP contribution in [-0.2, 0) is 6.54 Å². The fourth-order valence-corrected chi connectivity index (χ4v) is 2.30. The van der Waals surface area contributed by atoms with Crippen LogP contribution in [0.15, 0.2) is 42.6 Å². The Hall–Kier alpha value is -2.69. The van der Waals surface area contributed by atoms with Gasteiger partial charge in [0.05, 0.1) is 36.2 Å². The van der Waals surface area contributed by atoms with E-state index in [9.17, 15) is 9.59 Å². The van der Waals surface area contributed by atoms with Gasteiger partial charge in [0.2, 0.25) is 0 Å². The highest BCUT2D eigenvalue weighted by Gasteiger charge is 2.35. The Labute approximate surface area is 122 Å². The SMILES string of the molecule is CCOc1ccc(CN2C(=O)c3ccccc3C2=O)nc1. The van der Waals surface area contributed by atoms with Gasteiger partial charge < -0.3 is 4.74 Å². The van der Waals surface area contributed by atoms with Crippen molar-refractivity contribution in [2.75, 3.05) is 6.61 Å². The average molecular weight is 282 g/mol. The Bertz CT molecular complexity index is 660. The summed E-state index contributed by atoms with van der Waals surface area (Å²) in [4.78, 5) is 29.9. The summed E-state index contributed by atoms with van der Waals surface area (Å²) in [5.74, 6) is 0.126. The number of benzene rings is 1. The van der Waals surface area contributed by atoms with Gasteiger partial charge in [0.1, 0.15) is 5.75 Å². The molecule has 0 saturated heterocycles. The zero-order valence-corrected chi connectivity index (χ0v) is 11.6. The molecule has 0 fully saturated rings. The van der Waals surface area contributed by atoms with Crippen molar-refractivity contribution in [3.8, 4) is 5.75 Å². The van der Waals surface area contributed by atoms with Crippen LogP contribution in [0.1, 0.15) is 33.3 Å². The Morgan fingerprint density at radius 1 is 1.05 bits per heavy atom. The third kappa shape index (κ3) is 2.38. The summed E-state index contributed by atoms with van der Waals surface area (Å²) in [6, 6.07) is 10.4. The van der Waals surface area contributed by atoms with Crippen molar-refractivity contribution in [1.82, 2.24) is 9.88 Å². The van der Waals surface area contributed by atoms with Gasteiger partial charge >= 0.3 is 0 Å². The lowest BCUT2D eigenvalue weighted by atomic mass is 10.1. The highest BCUT2D eigenvalue weighted by atomic mass is 16.5. The van der Waals surface area contributed by atoms with Gasteiger partial charge in [0.15, 0.2) is 0 Å². The molecule has 0 bridgehead atoms. The Kier molecular flexibility index (Phi) is 3.39. The summed E-state index contributed by atoms with van der Waals surface area (Å²) in [5.41, 5.74) is 1.55. The maximum Gasteiger partial charge on any atom is 0.261 e. The number of fused-ring (bicyclic) bond motifs is 1. The molecule has 0 atom stereocenters. The number of carbonyl (C=O) groups is 2. The first-order chi connectivity index (χ1) is 10.2. The minimum atomic E-state index is -0.272. The molecule has 1 aromatic heterocycles. The van der Waals surface area contributed by atoms with Crippen molar-refractivity contribution in [3.05, 3.63) is 59.4 Å². The molecule has 2 aromatic rings. The monoisotopic (exact) mass is 282 g/mol. The second-order valence-electron chi connectivity index (χ2n) is 4.66. The summed E-state index contributed by atoms with van der Waals surface area (Å²) in [6.45, 7) is 2.63. The molecule has 1 aliphatic heterocycles. The largest absolute Gasteiger partial charge is 0.492 e. The zero-order valence-electron chi connectivity index (χ0n) is 11.6. The number of hydrogen-bond acceptors (Lipinski definition) is 4. The van der Waals surface area contributed by atoms with Crippen LogP contribution in [0.5, 0.6) is 5.75 Å². The standard InChI is InChI=1S/C16H14N2O3/c1-2-21-12-8-7-11(17-9-12)10-18-15(19)13-5-3-4-6-14(13)16(18)20/h3-9H,2,10H2,1H3. The first-order valence-corrected chi connectivity index (χ1v) is 6.73. The van der Waals surface area contributed by atoms with E-state index in [0.717, 1.165) is 0 Å². The second-order valence-corrected chi connectivity index (χ2v) is 4.66. The fourth-order valence-electron chi connectivity index (χ4n) is 2.30. The number of rotatable bonds is 4. The van der Waals surface area contributed by atoms with Crippen LogP contribution >= 0.6 is 0 Å². The van der Waals surface area contributed by atoms with E-state index in [1.54, 1.807) is 42.6 Å². The number of amides is 2. The van der Waals surface area contributed by atoms with E-state index < -0.39 is 0 Å². The minimum absolute atomic E-state index is 0.165. The molecule has 21 heavy (non-hydrogen) atoms. The number of aromatic nitrogens is 1. The maximum absolute atomic E-state index is 12.2. The molecule has 2 heterocycles. The van der Waals surface area contributed by atoms with Crippen LogP contribution in [0.3, 0.4) is 0 Å². The molecule has 0 unspecified atom stereocenters. The van der Waals surface area contributed by atoms with Crippen LogP contribution in [0.2, 0.25) is 0 Å². The van der Waals surface area contributed by atoms with Gasteiger partial charge in [0.25, 0.3) is 11.8 Å². The van der Waals surface area contributed by atoms with Crippen LogP contribution in [0.4, 0.5) is 0 Å². The van der Waals surface area contributed by atoms with Crippen molar-refractivity contribution in [3.63, 3.8) is 0 Å². The van der Waals surface area contributed by atoms with E-state index in [1.807, 2.05) is 6.92 Å². The van der Waals surface area contributed by atoms with E-state index in [4.69, 9.17) is 4.74 Å². The summed E-state index contributed by atoms with van der Waals surface area (Å²) >= 11 is 0. The Morgan fingerprint density at radius 2 is 1.71 bits per heavy atom. The molecule has 0 spiro atoms. The van der Waals surface area contributed by atoms with Gasteiger partial charge in [-0.05, 0) is 31.2 Å². The molecule has 2 amide bonds. The fraction of sp³-hybridized carbons (Fsp3) is 0.188. The molecule has 106 valence electrons. The molecular formula is C16H14N2O3. The predicted octanol–water partition coefficient (Wildman–Crippen LogP) is 2.28. The summed E-state index contributed by atoms with van der Waals surface area (Å²) in [7, 11) is 0. The number of pyridine rings is 1. The molecule has 0 saturated carbocycles. The summed E-state index contributed by atoms with van der Waals surface area (Å²) in [5, 5.41) is 0. The van der Waals surface area contributed by atoms with Gasteiger partial charge in [-0.3, -0.25) is 19.5 Å². The molecule has 0 aliphatic carbocycles. The highest BCUT2D eigenvalue weighted by molar-refractivity contribution is 6.21. The lowest BCUT2D eigenvalue weighted by Gasteiger charge is -2.13. The van der Waals surface area contributed by atoms with Crippen LogP contribution in [-0.4, -0.2) is 28.3 Å². The molecule has 3 rings (SSSR count). The quantitative estimate of drug-likeness (QED) is 0.807. The van der Waals surface area contributed by atoms with Crippen molar-refractivity contribution in [2.24, 2.45) is 0 Å².